The Hall–Kier alpha value is -2.56. The summed E-state index contributed by atoms with van der Waals surface area (Å²) in [5.41, 5.74) is 1.94. The minimum atomic E-state index is -0.944. The zero-order chi connectivity index (χ0) is 19.1. The number of alkyl halides is 1. The fourth-order valence-corrected chi connectivity index (χ4v) is 3.10. The van der Waals surface area contributed by atoms with Crippen LogP contribution in [0.5, 0.6) is 0 Å². The highest BCUT2D eigenvalue weighted by Crippen LogP contribution is 2.18. The van der Waals surface area contributed by atoms with Crippen LogP contribution in [0, 0.1) is 0 Å². The van der Waals surface area contributed by atoms with Gasteiger partial charge in [0.25, 0.3) is 0 Å². The van der Waals surface area contributed by atoms with Crippen molar-refractivity contribution >= 4 is 28.5 Å². The molecule has 0 heterocycles. The Labute approximate surface area is 163 Å². The molecule has 27 heavy (non-hydrogen) atoms. The predicted molar refractivity (Wildman–Crippen MR) is 108 cm³/mol. The topological polar surface area (TPSA) is 58.6 Å². The van der Waals surface area contributed by atoms with Gasteiger partial charge in [-0.05, 0) is 21.9 Å². The summed E-state index contributed by atoms with van der Waals surface area (Å²) in [5.74, 6) is -0.00971. The third-order valence-electron chi connectivity index (χ3n) is 4.38. The van der Waals surface area contributed by atoms with Gasteiger partial charge in [-0.25, -0.2) is 4.79 Å². The number of carbonyl (C=O) groups excluding carboxylic acids is 1. The van der Waals surface area contributed by atoms with Crippen molar-refractivity contribution in [2.75, 3.05) is 5.88 Å². The van der Waals surface area contributed by atoms with Gasteiger partial charge in [-0.1, -0.05) is 72.8 Å². The molecule has 3 aromatic carbocycles. The van der Waals surface area contributed by atoms with Gasteiger partial charge >= 0.3 is 6.09 Å². The normalized spacial score (nSPS) is 13.1. The number of nitrogens with one attached hydrogen (secondary N) is 1. The van der Waals surface area contributed by atoms with Crippen molar-refractivity contribution in [2.45, 2.75) is 25.2 Å². The highest BCUT2D eigenvalue weighted by Gasteiger charge is 2.23. The summed E-state index contributed by atoms with van der Waals surface area (Å²) in [6.45, 7) is 0.360. The Balaban J connectivity index is 1.64. The smallest absolute Gasteiger partial charge is 0.407 e. The third kappa shape index (κ3) is 5.46. The second-order valence-electron chi connectivity index (χ2n) is 6.39. The van der Waals surface area contributed by atoms with E-state index in [-0.39, 0.29) is 5.88 Å². The Kier molecular flexibility index (Phi) is 6.69. The van der Waals surface area contributed by atoms with Crippen molar-refractivity contribution < 1.29 is 14.6 Å². The van der Waals surface area contributed by atoms with E-state index in [1.54, 1.807) is 0 Å². The van der Waals surface area contributed by atoms with Gasteiger partial charge in [0.05, 0.1) is 5.88 Å². The van der Waals surface area contributed by atoms with Gasteiger partial charge in [-0.3, -0.25) is 0 Å². The summed E-state index contributed by atoms with van der Waals surface area (Å²) in [5, 5.41) is 15.1. The van der Waals surface area contributed by atoms with Gasteiger partial charge in [-0.2, -0.15) is 0 Å². The average Bonchev–Trinajstić information content (AvgIpc) is 2.72. The summed E-state index contributed by atoms with van der Waals surface area (Å²) in [6, 6.07) is 23.6. The molecule has 0 aliphatic rings. The van der Waals surface area contributed by atoms with E-state index in [2.05, 4.69) is 5.32 Å². The zero-order valence-corrected chi connectivity index (χ0v) is 15.6. The average molecular weight is 384 g/mol. The molecule has 4 nitrogen and oxygen atoms in total. The van der Waals surface area contributed by atoms with E-state index in [4.69, 9.17) is 16.3 Å². The maximum absolute atomic E-state index is 12.2. The number of halogens is 1. The maximum Gasteiger partial charge on any atom is 0.407 e. The van der Waals surface area contributed by atoms with Crippen molar-refractivity contribution in [3.63, 3.8) is 0 Å². The number of rotatable bonds is 7. The van der Waals surface area contributed by atoms with E-state index in [0.29, 0.717) is 13.0 Å². The van der Waals surface area contributed by atoms with E-state index in [9.17, 15) is 9.90 Å². The number of hydrogen-bond donors (Lipinski definition) is 2. The number of ether oxygens (including phenoxy) is 1. The molecule has 2 atom stereocenters. The molecule has 3 rings (SSSR count). The van der Waals surface area contributed by atoms with Crippen LogP contribution in [0.25, 0.3) is 10.8 Å². The molecule has 0 spiro atoms. The van der Waals surface area contributed by atoms with Gasteiger partial charge in [-0.15, -0.1) is 11.6 Å². The number of benzene rings is 3. The van der Waals surface area contributed by atoms with Crippen LogP contribution in [0.15, 0.2) is 72.8 Å². The molecule has 140 valence electrons. The second kappa shape index (κ2) is 9.40. The number of hydrogen-bond acceptors (Lipinski definition) is 3. The molecular formula is C22H22ClNO3. The summed E-state index contributed by atoms with van der Waals surface area (Å²) >= 11 is 5.80. The molecule has 0 aliphatic heterocycles. The maximum atomic E-state index is 12.2. The summed E-state index contributed by atoms with van der Waals surface area (Å²) in [6.07, 6.45) is -1.86. The summed E-state index contributed by atoms with van der Waals surface area (Å²) in [4.78, 5) is 12.2. The fraction of sp³-hybridized carbons (Fsp3) is 0.227. The molecule has 0 aromatic heterocycles. The van der Waals surface area contributed by atoms with Crippen LogP contribution >= 0.6 is 11.6 Å². The second-order valence-corrected chi connectivity index (χ2v) is 6.70. The number of amides is 1. The first-order chi connectivity index (χ1) is 13.2. The van der Waals surface area contributed by atoms with E-state index < -0.39 is 18.3 Å². The molecule has 2 N–H and O–H groups in total. The molecule has 0 saturated heterocycles. The fourth-order valence-electron chi connectivity index (χ4n) is 2.90. The molecule has 2 unspecified atom stereocenters. The van der Waals surface area contributed by atoms with Gasteiger partial charge < -0.3 is 15.2 Å². The standard InChI is InChI=1S/C22H22ClNO3/c23-14-20(25)21(27-22(26)24-15-16-6-2-1-3-7-16)13-17-10-11-18-8-4-5-9-19(18)12-17/h1-12,20-21,25H,13-15H2,(H,24,26). The summed E-state index contributed by atoms with van der Waals surface area (Å²) < 4.78 is 5.46. The Morgan fingerprint density at radius 3 is 2.41 bits per heavy atom. The Bertz CT molecular complexity index is 885. The van der Waals surface area contributed by atoms with Gasteiger partial charge in [0, 0.05) is 13.0 Å². The van der Waals surface area contributed by atoms with Crippen LogP contribution in [0.3, 0.4) is 0 Å². The van der Waals surface area contributed by atoms with Crippen molar-refractivity contribution in [1.82, 2.24) is 5.32 Å². The molecule has 0 fully saturated rings. The van der Waals surface area contributed by atoms with E-state index >= 15 is 0 Å². The first-order valence-electron chi connectivity index (χ1n) is 8.86. The van der Waals surface area contributed by atoms with Crippen LogP contribution in [0.1, 0.15) is 11.1 Å². The largest absolute Gasteiger partial charge is 0.443 e. The minimum Gasteiger partial charge on any atom is -0.443 e. The number of alkyl carbamates (subject to hydrolysis) is 1. The zero-order valence-electron chi connectivity index (χ0n) is 14.8. The van der Waals surface area contributed by atoms with E-state index in [1.807, 2.05) is 72.8 Å². The lowest BCUT2D eigenvalue weighted by molar-refractivity contribution is 0.0139. The molecule has 3 aromatic rings. The van der Waals surface area contributed by atoms with Crippen molar-refractivity contribution in [2.24, 2.45) is 0 Å². The minimum absolute atomic E-state index is 0.00971. The number of aliphatic hydroxyl groups excluding tert-OH is 1. The number of aliphatic hydroxyl groups is 1. The predicted octanol–water partition coefficient (Wildman–Crippen LogP) is 4.28. The van der Waals surface area contributed by atoms with E-state index in [1.165, 1.54) is 0 Å². The van der Waals surface area contributed by atoms with Crippen LogP contribution in [0.4, 0.5) is 4.79 Å². The van der Waals surface area contributed by atoms with Crippen molar-refractivity contribution in [3.05, 3.63) is 83.9 Å². The number of carbonyl (C=O) groups is 1. The molecule has 0 aliphatic carbocycles. The highest BCUT2D eigenvalue weighted by molar-refractivity contribution is 6.18. The van der Waals surface area contributed by atoms with Crippen LogP contribution in [-0.4, -0.2) is 29.3 Å². The van der Waals surface area contributed by atoms with Gasteiger partial charge in [0.15, 0.2) is 0 Å². The Morgan fingerprint density at radius 2 is 1.67 bits per heavy atom. The number of fused-ring (bicyclic) bond motifs is 1. The highest BCUT2D eigenvalue weighted by atomic mass is 35.5. The molecule has 0 radical (unpaired) electrons. The Morgan fingerprint density at radius 1 is 0.963 bits per heavy atom. The lowest BCUT2D eigenvalue weighted by Gasteiger charge is -2.22. The third-order valence-corrected chi connectivity index (χ3v) is 4.69. The first-order valence-corrected chi connectivity index (χ1v) is 9.39. The monoisotopic (exact) mass is 383 g/mol. The van der Waals surface area contributed by atoms with Crippen molar-refractivity contribution in [3.8, 4) is 0 Å². The lowest BCUT2D eigenvalue weighted by Crippen LogP contribution is -2.38. The van der Waals surface area contributed by atoms with Crippen LogP contribution < -0.4 is 5.32 Å². The van der Waals surface area contributed by atoms with Gasteiger partial charge in [0.2, 0.25) is 0 Å². The van der Waals surface area contributed by atoms with Crippen molar-refractivity contribution in [1.29, 1.82) is 0 Å². The molecule has 5 heteroatoms. The lowest BCUT2D eigenvalue weighted by atomic mass is 10.0. The first kappa shape index (κ1) is 19.2. The summed E-state index contributed by atoms with van der Waals surface area (Å²) in [7, 11) is 0. The SMILES string of the molecule is O=C(NCc1ccccc1)OC(Cc1ccc2ccccc2c1)C(O)CCl. The molecule has 0 saturated carbocycles. The van der Waals surface area contributed by atoms with Crippen LogP contribution in [0.2, 0.25) is 0 Å². The quantitative estimate of drug-likeness (QED) is 0.599. The molecule has 0 bridgehead atoms. The molecule has 1 amide bonds. The van der Waals surface area contributed by atoms with Crippen LogP contribution in [-0.2, 0) is 17.7 Å². The molecular weight excluding hydrogens is 362 g/mol. The van der Waals surface area contributed by atoms with E-state index in [0.717, 1.165) is 21.9 Å². The van der Waals surface area contributed by atoms with Gasteiger partial charge in [0.1, 0.15) is 12.2 Å².